The Morgan fingerprint density at radius 1 is 1.56 bits per heavy atom. The van der Waals surface area contributed by atoms with Crippen LogP contribution in [0.1, 0.15) is 17.3 Å². The van der Waals surface area contributed by atoms with Gasteiger partial charge in [0.15, 0.2) is 0 Å². The standard InChI is InChI=1S/C11H16N4O3/c1-3-15(6-9(16)13-2)10-8(11(17)18)4-7(12)5-14-10/h4-5H,3,6,12H2,1-2H3,(H,13,16)(H,17,18). The molecule has 98 valence electrons. The molecule has 0 aliphatic heterocycles. The molecule has 0 unspecified atom stereocenters. The van der Waals surface area contributed by atoms with E-state index in [4.69, 9.17) is 10.8 Å². The third-order valence-electron chi connectivity index (χ3n) is 2.41. The third kappa shape index (κ3) is 3.09. The highest BCUT2D eigenvalue weighted by Gasteiger charge is 2.18. The maximum absolute atomic E-state index is 11.3. The van der Waals surface area contributed by atoms with Gasteiger partial charge in [-0.15, -0.1) is 0 Å². The number of aromatic carboxylic acids is 1. The number of pyridine rings is 1. The number of hydrogen-bond donors (Lipinski definition) is 3. The number of hydrogen-bond acceptors (Lipinski definition) is 5. The molecule has 0 aliphatic carbocycles. The van der Waals surface area contributed by atoms with Crippen LogP contribution in [0.4, 0.5) is 11.5 Å². The van der Waals surface area contributed by atoms with E-state index in [0.717, 1.165) is 0 Å². The summed E-state index contributed by atoms with van der Waals surface area (Å²) in [5.41, 5.74) is 5.77. The zero-order valence-electron chi connectivity index (χ0n) is 10.3. The maximum Gasteiger partial charge on any atom is 0.339 e. The number of carboxylic acid groups (broad SMARTS) is 1. The summed E-state index contributed by atoms with van der Waals surface area (Å²) >= 11 is 0. The molecule has 0 bridgehead atoms. The summed E-state index contributed by atoms with van der Waals surface area (Å²) in [7, 11) is 1.52. The predicted octanol–water partition coefficient (Wildman–Crippen LogP) is -0.0657. The Hall–Kier alpha value is -2.31. The largest absolute Gasteiger partial charge is 0.478 e. The number of carbonyl (C=O) groups is 2. The van der Waals surface area contributed by atoms with Gasteiger partial charge in [-0.3, -0.25) is 4.79 Å². The Bertz CT molecular complexity index is 462. The normalized spacial score (nSPS) is 9.89. The zero-order valence-corrected chi connectivity index (χ0v) is 10.3. The minimum absolute atomic E-state index is 0.0132. The average molecular weight is 252 g/mol. The molecule has 0 radical (unpaired) electrons. The fourth-order valence-electron chi connectivity index (χ4n) is 1.47. The van der Waals surface area contributed by atoms with Crippen LogP contribution in [0.2, 0.25) is 0 Å². The molecular weight excluding hydrogens is 236 g/mol. The zero-order chi connectivity index (χ0) is 13.7. The number of aromatic nitrogens is 1. The quantitative estimate of drug-likeness (QED) is 0.677. The van der Waals surface area contributed by atoms with E-state index in [1.54, 1.807) is 4.90 Å². The van der Waals surface area contributed by atoms with E-state index in [0.29, 0.717) is 6.54 Å². The smallest absolute Gasteiger partial charge is 0.339 e. The van der Waals surface area contributed by atoms with Gasteiger partial charge in [-0.1, -0.05) is 0 Å². The van der Waals surface area contributed by atoms with E-state index in [-0.39, 0.29) is 29.5 Å². The number of nitrogen functional groups attached to an aromatic ring is 1. The highest BCUT2D eigenvalue weighted by molar-refractivity contribution is 5.95. The number of nitrogens with two attached hydrogens (primary N) is 1. The van der Waals surface area contributed by atoms with Gasteiger partial charge in [0.25, 0.3) is 0 Å². The van der Waals surface area contributed by atoms with Crippen molar-refractivity contribution >= 4 is 23.4 Å². The molecule has 4 N–H and O–H groups in total. The van der Waals surface area contributed by atoms with E-state index < -0.39 is 5.97 Å². The van der Waals surface area contributed by atoms with Crippen LogP contribution in [-0.4, -0.2) is 42.1 Å². The van der Waals surface area contributed by atoms with Crippen molar-refractivity contribution in [3.63, 3.8) is 0 Å². The van der Waals surface area contributed by atoms with Gasteiger partial charge < -0.3 is 21.1 Å². The van der Waals surface area contributed by atoms with Gasteiger partial charge in [0.05, 0.1) is 18.4 Å². The van der Waals surface area contributed by atoms with Gasteiger partial charge in [0, 0.05) is 13.6 Å². The second kappa shape index (κ2) is 5.85. The molecular formula is C11H16N4O3. The molecule has 0 aromatic carbocycles. The topological polar surface area (TPSA) is 109 Å². The molecule has 1 aromatic heterocycles. The average Bonchev–Trinajstić information content (AvgIpc) is 2.35. The summed E-state index contributed by atoms with van der Waals surface area (Å²) in [5, 5.41) is 11.6. The van der Waals surface area contributed by atoms with Crippen molar-refractivity contribution in [1.29, 1.82) is 0 Å². The Kier molecular flexibility index (Phi) is 4.47. The maximum atomic E-state index is 11.3. The van der Waals surface area contributed by atoms with E-state index in [2.05, 4.69) is 10.3 Å². The van der Waals surface area contributed by atoms with Crippen LogP contribution in [0.3, 0.4) is 0 Å². The summed E-state index contributed by atoms with van der Waals surface area (Å²) < 4.78 is 0. The molecule has 0 saturated carbocycles. The minimum atomic E-state index is -1.12. The number of anilines is 2. The lowest BCUT2D eigenvalue weighted by Gasteiger charge is -2.22. The fraction of sp³-hybridized carbons (Fsp3) is 0.364. The number of amides is 1. The fourth-order valence-corrected chi connectivity index (χ4v) is 1.47. The summed E-state index contributed by atoms with van der Waals surface area (Å²) in [4.78, 5) is 28.0. The van der Waals surface area contributed by atoms with Gasteiger partial charge in [0.1, 0.15) is 11.4 Å². The van der Waals surface area contributed by atoms with Crippen LogP contribution in [-0.2, 0) is 4.79 Å². The molecule has 0 saturated heterocycles. The first-order valence-electron chi connectivity index (χ1n) is 5.44. The minimum Gasteiger partial charge on any atom is -0.478 e. The number of nitrogens with one attached hydrogen (secondary N) is 1. The number of carboxylic acids is 1. The van der Waals surface area contributed by atoms with E-state index in [1.807, 2.05) is 6.92 Å². The molecule has 7 nitrogen and oxygen atoms in total. The Morgan fingerprint density at radius 2 is 2.22 bits per heavy atom. The van der Waals surface area contributed by atoms with Gasteiger partial charge >= 0.3 is 5.97 Å². The van der Waals surface area contributed by atoms with Crippen LogP contribution in [0.15, 0.2) is 12.3 Å². The summed E-state index contributed by atoms with van der Waals surface area (Å²) in [5.74, 6) is -1.10. The molecule has 0 aliphatic rings. The first-order valence-corrected chi connectivity index (χ1v) is 5.44. The lowest BCUT2D eigenvalue weighted by molar-refractivity contribution is -0.119. The van der Waals surface area contributed by atoms with Crippen molar-refractivity contribution in [2.24, 2.45) is 0 Å². The van der Waals surface area contributed by atoms with Crippen LogP contribution in [0, 0.1) is 0 Å². The third-order valence-corrected chi connectivity index (χ3v) is 2.41. The Labute approximate surface area is 105 Å². The lowest BCUT2D eigenvalue weighted by Crippen LogP contribution is -2.36. The van der Waals surface area contributed by atoms with Crippen molar-refractivity contribution in [3.8, 4) is 0 Å². The van der Waals surface area contributed by atoms with Gasteiger partial charge in [-0.25, -0.2) is 9.78 Å². The van der Waals surface area contributed by atoms with Crippen molar-refractivity contribution in [3.05, 3.63) is 17.8 Å². The molecule has 1 aromatic rings. The number of carbonyl (C=O) groups excluding carboxylic acids is 1. The Morgan fingerprint density at radius 3 is 2.72 bits per heavy atom. The molecule has 18 heavy (non-hydrogen) atoms. The molecule has 0 fully saturated rings. The number of rotatable bonds is 5. The molecule has 0 atom stereocenters. The summed E-state index contributed by atoms with van der Waals surface area (Å²) in [6.07, 6.45) is 1.37. The molecule has 1 amide bonds. The van der Waals surface area contributed by atoms with Crippen LogP contribution in [0.5, 0.6) is 0 Å². The molecule has 0 spiro atoms. The first kappa shape index (κ1) is 13.8. The SMILES string of the molecule is CCN(CC(=O)NC)c1ncc(N)cc1C(=O)O. The lowest BCUT2D eigenvalue weighted by atomic mass is 10.2. The van der Waals surface area contributed by atoms with E-state index in [1.165, 1.54) is 19.3 Å². The van der Waals surface area contributed by atoms with Gasteiger partial charge in [-0.2, -0.15) is 0 Å². The number of likely N-dealkylation sites (N-methyl/N-ethyl adjacent to an activating group) is 2. The van der Waals surface area contributed by atoms with Crippen LogP contribution in [0.25, 0.3) is 0 Å². The predicted molar refractivity (Wildman–Crippen MR) is 67.6 cm³/mol. The van der Waals surface area contributed by atoms with Crippen molar-refractivity contribution < 1.29 is 14.7 Å². The monoisotopic (exact) mass is 252 g/mol. The highest BCUT2D eigenvalue weighted by atomic mass is 16.4. The molecule has 1 heterocycles. The van der Waals surface area contributed by atoms with Crippen molar-refractivity contribution in [2.75, 3.05) is 30.8 Å². The highest BCUT2D eigenvalue weighted by Crippen LogP contribution is 2.19. The van der Waals surface area contributed by atoms with Crippen LogP contribution < -0.4 is 16.0 Å². The second-order valence-corrected chi connectivity index (χ2v) is 3.63. The van der Waals surface area contributed by atoms with Gasteiger partial charge in [-0.05, 0) is 13.0 Å². The summed E-state index contributed by atoms with van der Waals surface area (Å²) in [6, 6.07) is 1.33. The Balaban J connectivity index is 3.12. The first-order chi connectivity index (χ1) is 8.49. The van der Waals surface area contributed by atoms with Gasteiger partial charge in [0.2, 0.25) is 5.91 Å². The van der Waals surface area contributed by atoms with Crippen molar-refractivity contribution in [2.45, 2.75) is 6.92 Å². The van der Waals surface area contributed by atoms with Crippen LogP contribution >= 0.6 is 0 Å². The van der Waals surface area contributed by atoms with E-state index >= 15 is 0 Å². The second-order valence-electron chi connectivity index (χ2n) is 3.63. The van der Waals surface area contributed by atoms with E-state index in [9.17, 15) is 9.59 Å². The number of nitrogens with zero attached hydrogens (tertiary/aromatic N) is 2. The van der Waals surface area contributed by atoms with Crippen molar-refractivity contribution in [1.82, 2.24) is 10.3 Å². The summed E-state index contributed by atoms with van der Waals surface area (Å²) in [6.45, 7) is 2.32. The molecule has 1 rings (SSSR count). The molecule has 7 heteroatoms.